The van der Waals surface area contributed by atoms with Gasteiger partial charge in [-0.25, -0.2) is 0 Å². The largest absolute Gasteiger partial charge is 0.463 e. The van der Waals surface area contributed by atoms with Gasteiger partial charge in [0.1, 0.15) is 18.8 Å². The van der Waals surface area contributed by atoms with Crippen LogP contribution >= 0.6 is 0 Å². The minimum Gasteiger partial charge on any atom is -0.463 e. The molecule has 2 aliphatic rings. The average molecular weight is 472 g/mol. The molecule has 5 atom stereocenters. The van der Waals surface area contributed by atoms with E-state index in [4.69, 9.17) is 23.7 Å². The topological polar surface area (TPSA) is 164 Å². The van der Waals surface area contributed by atoms with Crippen molar-refractivity contribution >= 4 is 35.6 Å². The fourth-order valence-corrected chi connectivity index (χ4v) is 3.57. The van der Waals surface area contributed by atoms with Gasteiger partial charge in [0.25, 0.3) is 0 Å². The van der Waals surface area contributed by atoms with E-state index in [0.29, 0.717) is 0 Å². The number of ether oxygens (including phenoxy) is 5. The Balaban J connectivity index is 2.27. The van der Waals surface area contributed by atoms with Crippen molar-refractivity contribution in [1.82, 2.24) is 10.2 Å². The monoisotopic (exact) mass is 472 g/mol. The van der Waals surface area contributed by atoms with Crippen LogP contribution in [0, 0.1) is 0 Å². The van der Waals surface area contributed by atoms with Crippen LogP contribution in [0.25, 0.3) is 0 Å². The third-order valence-corrected chi connectivity index (χ3v) is 4.82. The summed E-state index contributed by atoms with van der Waals surface area (Å²) in [7, 11) is 0. The van der Waals surface area contributed by atoms with E-state index < -0.39 is 54.5 Å². The third kappa shape index (κ3) is 7.49. The third-order valence-electron chi connectivity index (χ3n) is 4.82. The number of carbonyl (C=O) groups excluding carboxylic acids is 6. The Morgan fingerprint density at radius 1 is 0.939 bits per heavy atom. The van der Waals surface area contributed by atoms with Crippen LogP contribution in [-0.2, 0) is 52.5 Å². The van der Waals surface area contributed by atoms with E-state index >= 15 is 0 Å². The van der Waals surface area contributed by atoms with E-state index in [2.05, 4.69) is 5.32 Å². The lowest BCUT2D eigenvalue weighted by Gasteiger charge is -2.45. The van der Waals surface area contributed by atoms with E-state index in [0.717, 1.165) is 18.7 Å². The molecule has 0 unspecified atom stereocenters. The number of amides is 3. The summed E-state index contributed by atoms with van der Waals surface area (Å²) < 4.78 is 27.2. The highest BCUT2D eigenvalue weighted by Crippen LogP contribution is 2.28. The molecule has 0 spiro atoms. The summed E-state index contributed by atoms with van der Waals surface area (Å²) in [6.07, 6.45) is -4.59. The molecule has 0 saturated carbocycles. The summed E-state index contributed by atoms with van der Waals surface area (Å²) in [6, 6.07) is -1.12. The lowest BCUT2D eigenvalue weighted by atomic mass is 9.96. The van der Waals surface area contributed by atoms with Gasteiger partial charge in [0.05, 0.1) is 13.2 Å². The lowest BCUT2D eigenvalue weighted by molar-refractivity contribution is -0.277. The summed E-state index contributed by atoms with van der Waals surface area (Å²) in [5, 5.41) is 2.56. The Morgan fingerprint density at radius 2 is 1.52 bits per heavy atom. The molecule has 2 heterocycles. The first-order chi connectivity index (χ1) is 15.5. The maximum atomic E-state index is 11.8. The van der Waals surface area contributed by atoms with Crippen LogP contribution in [0.4, 0.5) is 0 Å². The van der Waals surface area contributed by atoms with Gasteiger partial charge >= 0.3 is 17.9 Å². The maximum Gasteiger partial charge on any atom is 0.303 e. The fraction of sp³-hybridized carbons (Fsp3) is 0.700. The van der Waals surface area contributed by atoms with Crippen molar-refractivity contribution in [2.75, 3.05) is 19.8 Å². The number of hydrogen-bond acceptors (Lipinski definition) is 11. The lowest BCUT2D eigenvalue weighted by Crippen LogP contribution is -2.66. The molecule has 2 aliphatic heterocycles. The Hall–Kier alpha value is -3.06. The summed E-state index contributed by atoms with van der Waals surface area (Å²) in [6.45, 7) is 4.09. The van der Waals surface area contributed by atoms with Crippen LogP contribution in [0.1, 0.15) is 40.5 Å². The molecule has 3 amide bonds. The first kappa shape index (κ1) is 26.2. The molecule has 33 heavy (non-hydrogen) atoms. The van der Waals surface area contributed by atoms with Gasteiger partial charge in [-0.3, -0.25) is 33.7 Å². The van der Waals surface area contributed by atoms with E-state index in [-0.39, 0.29) is 44.4 Å². The zero-order chi connectivity index (χ0) is 24.7. The van der Waals surface area contributed by atoms with E-state index in [9.17, 15) is 28.8 Å². The molecular formula is C20H28N2O11. The fourth-order valence-electron chi connectivity index (χ4n) is 3.57. The first-order valence-electron chi connectivity index (χ1n) is 10.3. The number of rotatable bonds is 9. The quantitative estimate of drug-likeness (QED) is 0.244. The van der Waals surface area contributed by atoms with Crippen LogP contribution in [0.15, 0.2) is 0 Å². The molecule has 13 heteroatoms. The van der Waals surface area contributed by atoms with Crippen LogP contribution in [0.3, 0.4) is 0 Å². The number of imide groups is 1. The van der Waals surface area contributed by atoms with Gasteiger partial charge in [-0.1, -0.05) is 0 Å². The second-order valence-electron chi connectivity index (χ2n) is 7.53. The van der Waals surface area contributed by atoms with Crippen molar-refractivity contribution in [3.05, 3.63) is 0 Å². The van der Waals surface area contributed by atoms with Crippen molar-refractivity contribution < 1.29 is 52.5 Å². The van der Waals surface area contributed by atoms with Gasteiger partial charge in [-0.15, -0.1) is 0 Å². The number of likely N-dealkylation sites (tertiary alicyclic amines) is 1. The molecule has 0 aromatic heterocycles. The molecule has 0 bridgehead atoms. The molecular weight excluding hydrogens is 444 g/mol. The molecule has 0 radical (unpaired) electrons. The summed E-state index contributed by atoms with van der Waals surface area (Å²) in [5.74, 6) is -3.25. The molecule has 0 aliphatic carbocycles. The van der Waals surface area contributed by atoms with Crippen molar-refractivity contribution in [3.8, 4) is 0 Å². The van der Waals surface area contributed by atoms with Gasteiger partial charge in [-0.2, -0.15) is 0 Å². The van der Waals surface area contributed by atoms with E-state index in [1.54, 1.807) is 0 Å². The smallest absolute Gasteiger partial charge is 0.303 e. The van der Waals surface area contributed by atoms with Gasteiger partial charge in [-0.05, 0) is 0 Å². The molecule has 1 N–H and O–H groups in total. The zero-order valence-corrected chi connectivity index (χ0v) is 18.9. The maximum absolute atomic E-state index is 11.8. The minimum absolute atomic E-state index is 0.0511. The Kier molecular flexibility index (Phi) is 9.29. The van der Waals surface area contributed by atoms with Gasteiger partial charge < -0.3 is 29.0 Å². The number of nitrogens with one attached hydrogen (secondary N) is 1. The standard InChI is InChI=1S/C20H28N2O11/c1-10(23)21-17-19(32-13(4)26)18(31-12(3)25)14(9-30-11(2)24)33-20(17)29-8-7-22-15(27)5-6-16(22)28/h14,17-20H,5-9H2,1-4H3,(H,21,23)/t14-,17+,18+,19+,20-/m1/s1. The van der Waals surface area contributed by atoms with Crippen molar-refractivity contribution in [2.24, 2.45) is 0 Å². The van der Waals surface area contributed by atoms with Crippen molar-refractivity contribution in [3.63, 3.8) is 0 Å². The highest BCUT2D eigenvalue weighted by molar-refractivity contribution is 6.01. The number of esters is 3. The normalized spacial score (nSPS) is 27.2. The van der Waals surface area contributed by atoms with Crippen molar-refractivity contribution in [1.29, 1.82) is 0 Å². The van der Waals surface area contributed by atoms with Gasteiger partial charge in [0, 0.05) is 40.5 Å². The highest BCUT2D eigenvalue weighted by Gasteiger charge is 2.51. The number of nitrogens with zero attached hydrogens (tertiary/aromatic N) is 1. The predicted octanol–water partition coefficient (Wildman–Crippen LogP) is -1.19. The molecule has 2 saturated heterocycles. The molecule has 2 rings (SSSR count). The van der Waals surface area contributed by atoms with Gasteiger partial charge in [0.2, 0.25) is 17.7 Å². The molecule has 184 valence electrons. The second-order valence-corrected chi connectivity index (χ2v) is 7.53. The van der Waals surface area contributed by atoms with E-state index in [1.165, 1.54) is 13.8 Å². The van der Waals surface area contributed by atoms with Crippen molar-refractivity contribution in [2.45, 2.75) is 71.2 Å². The highest BCUT2D eigenvalue weighted by atomic mass is 16.7. The number of carbonyl (C=O) groups is 6. The van der Waals surface area contributed by atoms with Crippen LogP contribution in [-0.4, -0.2) is 90.9 Å². The minimum atomic E-state index is -1.25. The number of hydrogen-bond donors (Lipinski definition) is 1. The van der Waals surface area contributed by atoms with Crippen LogP contribution in [0.5, 0.6) is 0 Å². The Morgan fingerprint density at radius 3 is 2.03 bits per heavy atom. The summed E-state index contributed by atoms with van der Waals surface area (Å²) >= 11 is 0. The Labute approximate surface area is 190 Å². The first-order valence-corrected chi connectivity index (χ1v) is 10.3. The average Bonchev–Trinajstić information content (AvgIpc) is 3.01. The second kappa shape index (κ2) is 11.7. The van der Waals surface area contributed by atoms with E-state index in [1.807, 2.05) is 0 Å². The molecule has 0 aromatic rings. The molecule has 0 aromatic carbocycles. The Bertz CT molecular complexity index is 783. The van der Waals surface area contributed by atoms with Gasteiger partial charge in [0.15, 0.2) is 18.5 Å². The predicted molar refractivity (Wildman–Crippen MR) is 106 cm³/mol. The SMILES string of the molecule is CC(=O)N[C@@H]1[C@H](OCCN2C(=O)CCC2=O)O[C@H](COC(C)=O)[C@H](OC(C)=O)[C@H]1OC(C)=O. The summed E-state index contributed by atoms with van der Waals surface area (Å²) in [5.41, 5.74) is 0. The van der Waals surface area contributed by atoms with Crippen LogP contribution < -0.4 is 5.32 Å². The van der Waals surface area contributed by atoms with Crippen LogP contribution in [0.2, 0.25) is 0 Å². The molecule has 2 fully saturated rings. The summed E-state index contributed by atoms with van der Waals surface area (Å²) in [4.78, 5) is 71.3. The molecule has 13 nitrogen and oxygen atoms in total. The zero-order valence-electron chi connectivity index (χ0n) is 18.9.